The standard InChI is InChI=1S/C25H26N6O/c1-17(18-5-3-2-4-6-18)28-24(32)30-11-8-25(16-30)9-12-31-22(25)14-21(29-31)20-13-19-7-10-26-23(19)27-15-20/h2-7,10,13-15,17H,8-9,11-12,16H2,1H3,(H,26,27)(H,28,32). The highest BCUT2D eigenvalue weighted by atomic mass is 16.2. The number of urea groups is 1. The number of pyridine rings is 1. The average molecular weight is 427 g/mol. The van der Waals surface area contributed by atoms with Gasteiger partial charge in [-0.1, -0.05) is 30.3 Å². The second-order valence-corrected chi connectivity index (χ2v) is 9.06. The summed E-state index contributed by atoms with van der Waals surface area (Å²) in [6.45, 7) is 4.43. The maximum Gasteiger partial charge on any atom is 0.317 e. The van der Waals surface area contributed by atoms with Gasteiger partial charge in [0.05, 0.1) is 11.7 Å². The van der Waals surface area contributed by atoms with Gasteiger partial charge in [0.15, 0.2) is 0 Å². The lowest BCUT2D eigenvalue weighted by Crippen LogP contribution is -2.41. The second-order valence-electron chi connectivity index (χ2n) is 9.06. The van der Waals surface area contributed by atoms with Crippen molar-refractivity contribution in [1.29, 1.82) is 0 Å². The van der Waals surface area contributed by atoms with E-state index >= 15 is 0 Å². The van der Waals surface area contributed by atoms with E-state index in [1.165, 1.54) is 5.69 Å². The third kappa shape index (κ3) is 3.07. The van der Waals surface area contributed by atoms with Gasteiger partial charge < -0.3 is 15.2 Å². The molecule has 2 N–H and O–H groups in total. The first-order chi connectivity index (χ1) is 15.6. The number of carbonyl (C=O) groups is 1. The molecule has 4 aromatic rings. The summed E-state index contributed by atoms with van der Waals surface area (Å²) in [5.74, 6) is 0. The summed E-state index contributed by atoms with van der Waals surface area (Å²) in [5.41, 5.74) is 5.22. The van der Waals surface area contributed by atoms with Crippen LogP contribution in [0.1, 0.15) is 37.1 Å². The van der Waals surface area contributed by atoms with Crippen molar-refractivity contribution in [2.45, 2.75) is 37.8 Å². The van der Waals surface area contributed by atoms with Crippen LogP contribution in [-0.4, -0.2) is 43.8 Å². The largest absolute Gasteiger partial charge is 0.346 e. The Hall–Kier alpha value is -3.61. The zero-order chi connectivity index (χ0) is 21.7. The van der Waals surface area contributed by atoms with Crippen molar-refractivity contribution in [3.63, 3.8) is 0 Å². The van der Waals surface area contributed by atoms with Gasteiger partial charge in [-0.2, -0.15) is 5.10 Å². The molecule has 0 radical (unpaired) electrons. The first-order valence-electron chi connectivity index (χ1n) is 11.2. The molecular formula is C25H26N6O. The number of hydrogen-bond acceptors (Lipinski definition) is 3. The van der Waals surface area contributed by atoms with Crippen LogP contribution in [0, 0.1) is 0 Å². The minimum atomic E-state index is -0.0168. The lowest BCUT2D eigenvalue weighted by Gasteiger charge is -2.25. The van der Waals surface area contributed by atoms with Gasteiger partial charge in [0, 0.05) is 54.1 Å². The Bertz CT molecular complexity index is 1290. The van der Waals surface area contributed by atoms with Gasteiger partial charge in [0.25, 0.3) is 0 Å². The Balaban J connectivity index is 1.21. The van der Waals surface area contributed by atoms with Crippen molar-refractivity contribution in [3.05, 3.63) is 72.2 Å². The summed E-state index contributed by atoms with van der Waals surface area (Å²) in [7, 11) is 0. The molecule has 0 aliphatic carbocycles. The molecule has 3 aromatic heterocycles. The Morgan fingerprint density at radius 3 is 2.88 bits per heavy atom. The average Bonchev–Trinajstić information content (AvgIpc) is 3.60. The van der Waals surface area contributed by atoms with Crippen LogP contribution in [0.3, 0.4) is 0 Å². The Morgan fingerprint density at radius 2 is 2.00 bits per heavy atom. The Kier molecular flexibility index (Phi) is 4.31. The number of fused-ring (bicyclic) bond motifs is 3. The molecule has 7 heteroatoms. The molecular weight excluding hydrogens is 400 g/mol. The zero-order valence-corrected chi connectivity index (χ0v) is 18.1. The summed E-state index contributed by atoms with van der Waals surface area (Å²) >= 11 is 0. The number of aromatic amines is 1. The number of amides is 2. The molecule has 7 nitrogen and oxygen atoms in total. The number of H-pyrrole nitrogens is 1. The fourth-order valence-corrected chi connectivity index (χ4v) is 5.24. The van der Waals surface area contributed by atoms with Gasteiger partial charge in [-0.05, 0) is 43.5 Å². The number of nitrogens with zero attached hydrogens (tertiary/aromatic N) is 4. The van der Waals surface area contributed by atoms with E-state index in [0.717, 1.165) is 60.3 Å². The minimum absolute atomic E-state index is 0.00973. The molecule has 2 amide bonds. The van der Waals surface area contributed by atoms with Crippen molar-refractivity contribution in [1.82, 2.24) is 30.0 Å². The van der Waals surface area contributed by atoms with E-state index in [0.29, 0.717) is 0 Å². The number of nitrogens with one attached hydrogen (secondary N) is 2. The number of aryl methyl sites for hydroxylation is 1. The zero-order valence-electron chi connectivity index (χ0n) is 18.1. The van der Waals surface area contributed by atoms with E-state index < -0.39 is 0 Å². The van der Waals surface area contributed by atoms with Crippen LogP contribution in [-0.2, 0) is 12.0 Å². The van der Waals surface area contributed by atoms with Crippen LogP contribution in [0.15, 0.2) is 60.9 Å². The van der Waals surface area contributed by atoms with Crippen molar-refractivity contribution in [3.8, 4) is 11.3 Å². The summed E-state index contributed by atoms with van der Waals surface area (Å²) in [6.07, 6.45) is 5.78. The lowest BCUT2D eigenvalue weighted by molar-refractivity contribution is 0.202. The Labute approximate surface area is 186 Å². The molecule has 2 aliphatic rings. The number of rotatable bonds is 3. The summed E-state index contributed by atoms with van der Waals surface area (Å²) in [4.78, 5) is 22.6. The number of carbonyl (C=O) groups excluding carboxylic acids is 1. The predicted molar refractivity (Wildman–Crippen MR) is 123 cm³/mol. The number of aromatic nitrogens is 4. The third-order valence-electron chi connectivity index (χ3n) is 7.10. The van der Waals surface area contributed by atoms with Crippen LogP contribution >= 0.6 is 0 Å². The number of likely N-dealkylation sites (tertiary alicyclic amines) is 1. The molecule has 162 valence electrons. The fourth-order valence-electron chi connectivity index (χ4n) is 5.24. The van der Waals surface area contributed by atoms with Gasteiger partial charge >= 0.3 is 6.03 Å². The molecule has 2 aliphatic heterocycles. The van der Waals surface area contributed by atoms with E-state index in [2.05, 4.69) is 32.1 Å². The molecule has 2 unspecified atom stereocenters. The molecule has 0 bridgehead atoms. The fraction of sp³-hybridized carbons (Fsp3) is 0.320. The summed E-state index contributed by atoms with van der Waals surface area (Å²) in [6, 6.07) is 16.5. The smallest absolute Gasteiger partial charge is 0.317 e. The molecule has 1 aromatic carbocycles. The maximum absolute atomic E-state index is 13.0. The number of benzene rings is 1. The summed E-state index contributed by atoms with van der Waals surface area (Å²) < 4.78 is 2.13. The highest BCUT2D eigenvalue weighted by Crippen LogP contribution is 2.43. The van der Waals surface area contributed by atoms with Crippen LogP contribution in [0.4, 0.5) is 4.79 Å². The first kappa shape index (κ1) is 19.1. The van der Waals surface area contributed by atoms with Gasteiger partial charge in [0.1, 0.15) is 5.65 Å². The van der Waals surface area contributed by atoms with Crippen molar-refractivity contribution < 1.29 is 4.79 Å². The monoisotopic (exact) mass is 426 g/mol. The van der Waals surface area contributed by atoms with E-state index in [1.807, 2.05) is 60.6 Å². The van der Waals surface area contributed by atoms with Gasteiger partial charge in [-0.25, -0.2) is 9.78 Å². The molecule has 2 atom stereocenters. The lowest BCUT2D eigenvalue weighted by atomic mass is 9.82. The van der Waals surface area contributed by atoms with Crippen molar-refractivity contribution in [2.75, 3.05) is 13.1 Å². The van der Waals surface area contributed by atoms with E-state index in [9.17, 15) is 4.79 Å². The minimum Gasteiger partial charge on any atom is -0.346 e. The van der Waals surface area contributed by atoms with Crippen molar-refractivity contribution in [2.24, 2.45) is 0 Å². The van der Waals surface area contributed by atoms with E-state index in [4.69, 9.17) is 5.10 Å². The molecule has 32 heavy (non-hydrogen) atoms. The van der Waals surface area contributed by atoms with Crippen LogP contribution < -0.4 is 5.32 Å². The highest BCUT2D eigenvalue weighted by molar-refractivity contribution is 5.80. The Morgan fingerprint density at radius 1 is 1.16 bits per heavy atom. The van der Waals surface area contributed by atoms with Gasteiger partial charge in [-0.3, -0.25) is 4.68 Å². The first-order valence-corrected chi connectivity index (χ1v) is 11.2. The highest BCUT2D eigenvalue weighted by Gasteiger charge is 2.47. The molecule has 6 rings (SSSR count). The van der Waals surface area contributed by atoms with E-state index in [-0.39, 0.29) is 17.5 Å². The molecule has 1 saturated heterocycles. The SMILES string of the molecule is CC(NC(=O)N1CCC2(CCn3nc(-c4cnc5[nH]ccc5c4)cc32)C1)c1ccccc1. The van der Waals surface area contributed by atoms with E-state index in [1.54, 1.807) is 0 Å². The van der Waals surface area contributed by atoms with Crippen LogP contribution in [0.5, 0.6) is 0 Å². The molecule has 1 fully saturated rings. The predicted octanol–water partition coefficient (Wildman–Crippen LogP) is 4.24. The third-order valence-corrected chi connectivity index (χ3v) is 7.10. The number of hydrogen-bond donors (Lipinski definition) is 2. The molecule has 1 spiro atoms. The molecule has 0 saturated carbocycles. The van der Waals surface area contributed by atoms with Gasteiger partial charge in [-0.15, -0.1) is 0 Å². The maximum atomic E-state index is 13.0. The van der Waals surface area contributed by atoms with Gasteiger partial charge in [0.2, 0.25) is 0 Å². The topological polar surface area (TPSA) is 78.8 Å². The normalized spacial score (nSPS) is 20.7. The molecule has 5 heterocycles. The summed E-state index contributed by atoms with van der Waals surface area (Å²) in [5, 5.41) is 9.13. The van der Waals surface area contributed by atoms with Crippen molar-refractivity contribution >= 4 is 17.1 Å². The second kappa shape index (κ2) is 7.22. The quantitative estimate of drug-likeness (QED) is 0.514. The van der Waals surface area contributed by atoms with Crippen LogP contribution in [0.2, 0.25) is 0 Å². The van der Waals surface area contributed by atoms with Crippen LogP contribution in [0.25, 0.3) is 22.3 Å².